The van der Waals surface area contributed by atoms with Gasteiger partial charge in [0.15, 0.2) is 5.13 Å². The maximum atomic E-state index is 6.28. The quantitative estimate of drug-likeness (QED) is 0.621. The minimum absolute atomic E-state index is 0.0612. The van der Waals surface area contributed by atoms with Crippen molar-refractivity contribution in [1.82, 2.24) is 9.97 Å². The summed E-state index contributed by atoms with van der Waals surface area (Å²) in [6.45, 7) is 6.27. The average molecular weight is 360 g/mol. The number of rotatable bonds is 4. The lowest BCUT2D eigenvalue weighted by Crippen LogP contribution is -2.09. The molecule has 0 saturated carbocycles. The van der Waals surface area contributed by atoms with Gasteiger partial charge in [0.1, 0.15) is 5.76 Å². The Balaban J connectivity index is 1.80. The molecule has 2 heterocycles. The molecular formula is C18H18ClN3OS. The summed E-state index contributed by atoms with van der Waals surface area (Å²) < 4.78 is 5.76. The van der Waals surface area contributed by atoms with Gasteiger partial charge >= 0.3 is 0 Å². The van der Waals surface area contributed by atoms with Crippen molar-refractivity contribution in [2.75, 3.05) is 5.32 Å². The average Bonchev–Trinajstić information content (AvgIpc) is 3.18. The molecule has 1 N–H and O–H groups in total. The van der Waals surface area contributed by atoms with E-state index in [0.29, 0.717) is 10.9 Å². The fourth-order valence-corrected chi connectivity index (χ4v) is 2.76. The highest BCUT2D eigenvalue weighted by Gasteiger charge is 2.18. The molecule has 0 spiro atoms. The Bertz CT molecular complexity index is 848. The van der Waals surface area contributed by atoms with Gasteiger partial charge in [-0.2, -0.15) is 0 Å². The van der Waals surface area contributed by atoms with Crippen LogP contribution in [0.25, 0.3) is 12.2 Å². The zero-order valence-corrected chi connectivity index (χ0v) is 15.3. The van der Waals surface area contributed by atoms with E-state index >= 15 is 0 Å². The lowest BCUT2D eigenvalue weighted by molar-refractivity contribution is 0.403. The van der Waals surface area contributed by atoms with Crippen molar-refractivity contribution in [1.29, 1.82) is 0 Å². The Morgan fingerprint density at radius 2 is 2.04 bits per heavy atom. The number of halogens is 1. The number of aromatic nitrogens is 2. The first-order valence-corrected chi connectivity index (χ1v) is 8.78. The molecule has 0 aliphatic rings. The van der Waals surface area contributed by atoms with Crippen molar-refractivity contribution < 1.29 is 4.42 Å². The van der Waals surface area contributed by atoms with E-state index < -0.39 is 0 Å². The molecule has 0 unspecified atom stereocenters. The van der Waals surface area contributed by atoms with Gasteiger partial charge in [-0.3, -0.25) is 0 Å². The number of oxazole rings is 1. The topological polar surface area (TPSA) is 51.0 Å². The molecule has 1 aromatic carbocycles. The standard InChI is InChI=1S/C18H18ClN3OS/c1-18(2,3)15-11-21-16(23-15)7-4-12-10-13(5-6-14(12)19)22-17-20-8-9-24-17/h4-11H,1-3H3,(H,20,22)/b7-4+. The molecule has 2 aromatic heterocycles. The van der Waals surface area contributed by atoms with Gasteiger partial charge in [0.2, 0.25) is 5.89 Å². The van der Waals surface area contributed by atoms with Gasteiger partial charge in [0.05, 0.1) is 6.20 Å². The van der Waals surface area contributed by atoms with Gasteiger partial charge in [-0.25, -0.2) is 9.97 Å². The largest absolute Gasteiger partial charge is 0.441 e. The molecule has 0 bridgehead atoms. The first-order valence-electron chi connectivity index (χ1n) is 7.52. The van der Waals surface area contributed by atoms with Crippen molar-refractivity contribution in [3.63, 3.8) is 0 Å². The van der Waals surface area contributed by atoms with E-state index in [4.69, 9.17) is 16.0 Å². The van der Waals surface area contributed by atoms with Crippen LogP contribution in [0.15, 0.2) is 40.4 Å². The van der Waals surface area contributed by atoms with E-state index in [2.05, 4.69) is 36.1 Å². The summed E-state index contributed by atoms with van der Waals surface area (Å²) in [5.74, 6) is 1.42. The van der Waals surface area contributed by atoms with Crippen LogP contribution >= 0.6 is 22.9 Å². The van der Waals surface area contributed by atoms with E-state index in [0.717, 1.165) is 22.1 Å². The van der Waals surface area contributed by atoms with Crippen LogP contribution in [0.4, 0.5) is 10.8 Å². The molecule has 0 aliphatic heterocycles. The lowest BCUT2D eigenvalue weighted by atomic mass is 9.94. The normalized spacial score (nSPS) is 12.0. The molecule has 0 amide bonds. The molecule has 124 valence electrons. The second kappa shape index (κ2) is 6.79. The van der Waals surface area contributed by atoms with Gasteiger partial charge in [0.25, 0.3) is 0 Å². The van der Waals surface area contributed by atoms with Gasteiger partial charge in [-0.05, 0) is 29.8 Å². The van der Waals surface area contributed by atoms with Crippen LogP contribution in [0, 0.1) is 0 Å². The zero-order valence-electron chi connectivity index (χ0n) is 13.7. The third kappa shape index (κ3) is 4.04. The molecule has 24 heavy (non-hydrogen) atoms. The third-order valence-corrected chi connectivity index (χ3v) is 4.38. The second-order valence-corrected chi connectivity index (χ2v) is 7.65. The fourth-order valence-electron chi connectivity index (χ4n) is 2.03. The third-order valence-electron chi connectivity index (χ3n) is 3.35. The number of thiazole rings is 1. The van der Waals surface area contributed by atoms with Gasteiger partial charge in [0, 0.05) is 33.8 Å². The van der Waals surface area contributed by atoms with Crippen molar-refractivity contribution in [3.8, 4) is 0 Å². The zero-order chi connectivity index (χ0) is 17.2. The number of hydrogen-bond donors (Lipinski definition) is 1. The SMILES string of the molecule is CC(C)(C)c1cnc(/C=C/c2cc(Nc3nccs3)ccc2Cl)o1. The van der Waals surface area contributed by atoms with Gasteiger partial charge in [-0.1, -0.05) is 32.4 Å². The second-order valence-electron chi connectivity index (χ2n) is 6.34. The van der Waals surface area contributed by atoms with E-state index in [-0.39, 0.29) is 5.41 Å². The smallest absolute Gasteiger partial charge is 0.218 e. The molecular weight excluding hydrogens is 342 g/mol. The van der Waals surface area contributed by atoms with Crippen LogP contribution in [0.1, 0.15) is 38.0 Å². The minimum Gasteiger partial charge on any atom is -0.441 e. The summed E-state index contributed by atoms with van der Waals surface area (Å²) in [6, 6.07) is 5.74. The van der Waals surface area contributed by atoms with E-state index in [1.165, 1.54) is 0 Å². The number of anilines is 2. The molecule has 0 aliphatic carbocycles. The molecule has 0 fully saturated rings. The highest BCUT2D eigenvalue weighted by Crippen LogP contribution is 2.27. The molecule has 0 atom stereocenters. The fraction of sp³-hybridized carbons (Fsp3) is 0.222. The predicted octanol–water partition coefficient (Wildman–Crippen LogP) is 6.00. The monoisotopic (exact) mass is 359 g/mol. The van der Waals surface area contributed by atoms with Crippen molar-refractivity contribution in [2.45, 2.75) is 26.2 Å². The molecule has 4 nitrogen and oxygen atoms in total. The molecule has 0 radical (unpaired) electrons. The molecule has 3 aromatic rings. The summed E-state index contributed by atoms with van der Waals surface area (Å²) in [5, 5.41) is 6.68. The van der Waals surface area contributed by atoms with Crippen LogP contribution in [-0.2, 0) is 5.41 Å². The van der Waals surface area contributed by atoms with Crippen molar-refractivity contribution in [3.05, 3.63) is 58.2 Å². The Labute approximate surface area is 150 Å². The van der Waals surface area contributed by atoms with Crippen LogP contribution in [0.3, 0.4) is 0 Å². The molecule has 0 saturated heterocycles. The molecule has 3 rings (SSSR count). The van der Waals surface area contributed by atoms with Crippen LogP contribution in [0.2, 0.25) is 5.02 Å². The maximum absolute atomic E-state index is 6.28. The number of benzene rings is 1. The lowest BCUT2D eigenvalue weighted by Gasteiger charge is -2.12. The van der Waals surface area contributed by atoms with Crippen LogP contribution in [0.5, 0.6) is 0 Å². The Kier molecular flexibility index (Phi) is 4.73. The van der Waals surface area contributed by atoms with E-state index in [1.807, 2.05) is 35.7 Å². The Hall–Kier alpha value is -2.11. The predicted molar refractivity (Wildman–Crippen MR) is 101 cm³/mol. The number of hydrogen-bond acceptors (Lipinski definition) is 5. The first-order chi connectivity index (χ1) is 11.4. The number of nitrogens with one attached hydrogen (secondary N) is 1. The number of nitrogens with zero attached hydrogens (tertiary/aromatic N) is 2. The van der Waals surface area contributed by atoms with Crippen LogP contribution < -0.4 is 5.32 Å². The van der Waals surface area contributed by atoms with Crippen molar-refractivity contribution in [2.24, 2.45) is 0 Å². The van der Waals surface area contributed by atoms with Crippen molar-refractivity contribution >= 4 is 45.9 Å². The summed E-state index contributed by atoms with van der Waals surface area (Å²) >= 11 is 7.82. The maximum Gasteiger partial charge on any atom is 0.218 e. The molecule has 6 heteroatoms. The Morgan fingerprint density at radius 3 is 2.71 bits per heavy atom. The summed E-state index contributed by atoms with van der Waals surface area (Å²) in [5.41, 5.74) is 1.75. The van der Waals surface area contributed by atoms with Gasteiger partial charge < -0.3 is 9.73 Å². The summed E-state index contributed by atoms with van der Waals surface area (Å²) in [7, 11) is 0. The highest BCUT2D eigenvalue weighted by molar-refractivity contribution is 7.13. The summed E-state index contributed by atoms with van der Waals surface area (Å²) in [6.07, 6.45) is 7.25. The summed E-state index contributed by atoms with van der Waals surface area (Å²) in [4.78, 5) is 8.50. The first kappa shape index (κ1) is 16.7. The van der Waals surface area contributed by atoms with Crippen LogP contribution in [-0.4, -0.2) is 9.97 Å². The Morgan fingerprint density at radius 1 is 1.21 bits per heavy atom. The van der Waals surface area contributed by atoms with E-state index in [9.17, 15) is 0 Å². The highest BCUT2D eigenvalue weighted by atomic mass is 35.5. The van der Waals surface area contributed by atoms with E-state index in [1.54, 1.807) is 23.7 Å². The van der Waals surface area contributed by atoms with Gasteiger partial charge in [-0.15, -0.1) is 11.3 Å². The minimum atomic E-state index is -0.0612.